The van der Waals surface area contributed by atoms with Crippen molar-refractivity contribution in [2.75, 3.05) is 20.2 Å². The summed E-state index contributed by atoms with van der Waals surface area (Å²) in [6, 6.07) is 8.41. The fourth-order valence-electron chi connectivity index (χ4n) is 2.97. The molecule has 1 N–H and O–H groups in total. The molecule has 2 rings (SSSR count). The molecule has 0 saturated carbocycles. The summed E-state index contributed by atoms with van der Waals surface area (Å²) in [4.78, 5) is 27.1. The summed E-state index contributed by atoms with van der Waals surface area (Å²) in [5, 5.41) is 2.64. The number of piperidine rings is 1. The van der Waals surface area contributed by atoms with Crippen LogP contribution in [-0.4, -0.2) is 48.8 Å². The minimum atomic E-state index is -0.889. The van der Waals surface area contributed by atoms with E-state index in [-0.39, 0.29) is 6.04 Å². The van der Waals surface area contributed by atoms with Gasteiger partial charge in [-0.2, -0.15) is 0 Å². The first-order chi connectivity index (χ1) is 12.3. The largest absolute Gasteiger partial charge is 0.462 e. The molecule has 0 spiro atoms. The van der Waals surface area contributed by atoms with Crippen molar-refractivity contribution in [3.63, 3.8) is 0 Å². The Hall–Kier alpha value is -2.08. The van der Waals surface area contributed by atoms with Gasteiger partial charge in [0.2, 0.25) is 0 Å². The number of ether oxygens (including phenoxy) is 2. The molecule has 1 unspecified atom stereocenters. The van der Waals surface area contributed by atoms with E-state index < -0.39 is 23.7 Å². The number of amides is 1. The van der Waals surface area contributed by atoms with Crippen molar-refractivity contribution in [2.24, 2.45) is 0 Å². The van der Waals surface area contributed by atoms with Gasteiger partial charge >= 0.3 is 12.1 Å². The van der Waals surface area contributed by atoms with E-state index in [0.717, 1.165) is 19.4 Å². The van der Waals surface area contributed by atoms with Crippen LogP contribution in [0.4, 0.5) is 4.79 Å². The lowest BCUT2D eigenvalue weighted by molar-refractivity contribution is -0.148. The molecule has 144 valence electrons. The number of benzene rings is 1. The second-order valence-electron chi connectivity index (χ2n) is 7.75. The molecule has 1 heterocycles. The van der Waals surface area contributed by atoms with Gasteiger partial charge in [-0.05, 0) is 52.8 Å². The molecule has 1 saturated heterocycles. The van der Waals surface area contributed by atoms with Crippen LogP contribution < -0.4 is 5.32 Å². The van der Waals surface area contributed by atoms with Crippen LogP contribution in [0.3, 0.4) is 0 Å². The van der Waals surface area contributed by atoms with Gasteiger partial charge in [0.15, 0.2) is 6.04 Å². The van der Waals surface area contributed by atoms with Crippen molar-refractivity contribution in [1.82, 2.24) is 10.2 Å². The molecule has 2 atom stereocenters. The highest BCUT2D eigenvalue weighted by atomic mass is 16.6. The van der Waals surface area contributed by atoms with Gasteiger partial charge in [-0.1, -0.05) is 36.8 Å². The van der Waals surface area contributed by atoms with Gasteiger partial charge in [0.1, 0.15) is 12.2 Å². The van der Waals surface area contributed by atoms with E-state index >= 15 is 0 Å². The molecular formula is C20H30N2O4. The van der Waals surface area contributed by atoms with E-state index in [1.807, 2.05) is 25.2 Å². The van der Waals surface area contributed by atoms with Crippen molar-refractivity contribution in [3.8, 4) is 0 Å². The lowest BCUT2D eigenvalue weighted by atomic mass is 10.0. The highest BCUT2D eigenvalue weighted by molar-refractivity contribution is 5.82. The molecule has 0 aliphatic carbocycles. The maximum absolute atomic E-state index is 12.7. The molecule has 6 heteroatoms. The first-order valence-corrected chi connectivity index (χ1v) is 9.17. The minimum absolute atomic E-state index is 0.227. The van der Waals surface area contributed by atoms with Gasteiger partial charge in [-0.25, -0.2) is 9.59 Å². The number of carbonyl (C=O) groups is 2. The average Bonchev–Trinajstić information content (AvgIpc) is 2.58. The minimum Gasteiger partial charge on any atom is -0.462 e. The van der Waals surface area contributed by atoms with Gasteiger partial charge in [0.25, 0.3) is 0 Å². The molecule has 0 bridgehead atoms. The number of rotatable bonds is 5. The Kier molecular flexibility index (Phi) is 7.03. The smallest absolute Gasteiger partial charge is 0.408 e. The van der Waals surface area contributed by atoms with E-state index in [4.69, 9.17) is 9.47 Å². The van der Waals surface area contributed by atoms with Crippen LogP contribution >= 0.6 is 0 Å². The maximum atomic E-state index is 12.7. The van der Waals surface area contributed by atoms with E-state index in [1.54, 1.807) is 32.9 Å². The van der Waals surface area contributed by atoms with E-state index in [2.05, 4.69) is 10.2 Å². The van der Waals surface area contributed by atoms with Crippen LogP contribution in [0.5, 0.6) is 0 Å². The summed E-state index contributed by atoms with van der Waals surface area (Å²) in [6.07, 6.45) is 2.69. The number of alkyl carbamates (subject to hydrolysis) is 1. The Labute approximate surface area is 155 Å². The summed E-state index contributed by atoms with van der Waals surface area (Å²) in [5.41, 5.74) is 0.0281. The van der Waals surface area contributed by atoms with Gasteiger partial charge in [-0.3, -0.25) is 0 Å². The van der Waals surface area contributed by atoms with Crippen LogP contribution in [0.25, 0.3) is 0 Å². The van der Waals surface area contributed by atoms with E-state index in [9.17, 15) is 9.59 Å². The number of likely N-dealkylation sites (N-methyl/N-ethyl adjacent to an activating group) is 1. The Balaban J connectivity index is 2.03. The fraction of sp³-hybridized carbons (Fsp3) is 0.600. The van der Waals surface area contributed by atoms with Crippen molar-refractivity contribution < 1.29 is 19.1 Å². The first kappa shape index (κ1) is 20.2. The number of hydrogen-bond donors (Lipinski definition) is 1. The predicted molar refractivity (Wildman–Crippen MR) is 99.8 cm³/mol. The number of esters is 1. The number of likely N-dealkylation sites (tertiary alicyclic amines) is 1. The molecular weight excluding hydrogens is 332 g/mol. The zero-order valence-corrected chi connectivity index (χ0v) is 16.2. The van der Waals surface area contributed by atoms with Crippen LogP contribution in [-0.2, 0) is 14.3 Å². The van der Waals surface area contributed by atoms with Crippen molar-refractivity contribution in [1.29, 1.82) is 0 Å². The summed E-state index contributed by atoms with van der Waals surface area (Å²) in [6.45, 7) is 6.68. The molecule has 0 radical (unpaired) electrons. The zero-order chi connectivity index (χ0) is 19.2. The maximum Gasteiger partial charge on any atom is 0.408 e. The van der Waals surface area contributed by atoms with Crippen LogP contribution in [0.1, 0.15) is 51.6 Å². The summed E-state index contributed by atoms with van der Waals surface area (Å²) < 4.78 is 10.8. The van der Waals surface area contributed by atoms with Gasteiger partial charge in [-0.15, -0.1) is 0 Å². The topological polar surface area (TPSA) is 67.9 Å². The SMILES string of the molecule is CN1CCCC[C@@H]1COC(=O)C(NC(=O)OC(C)(C)C)c1ccccc1. The Bertz CT molecular complexity index is 598. The quantitative estimate of drug-likeness (QED) is 0.814. The molecule has 1 fully saturated rings. The zero-order valence-electron chi connectivity index (χ0n) is 16.2. The second kappa shape index (κ2) is 9.03. The van der Waals surface area contributed by atoms with E-state index in [1.165, 1.54) is 6.42 Å². The van der Waals surface area contributed by atoms with Crippen LogP contribution in [0, 0.1) is 0 Å². The lowest BCUT2D eigenvalue weighted by Crippen LogP contribution is -2.42. The third-order valence-electron chi connectivity index (χ3n) is 4.37. The number of hydrogen-bond acceptors (Lipinski definition) is 5. The second-order valence-corrected chi connectivity index (χ2v) is 7.75. The molecule has 1 aromatic rings. The molecule has 6 nitrogen and oxygen atoms in total. The number of nitrogens with one attached hydrogen (secondary N) is 1. The fourth-order valence-corrected chi connectivity index (χ4v) is 2.97. The van der Waals surface area contributed by atoms with Crippen LogP contribution in [0.2, 0.25) is 0 Å². The molecule has 1 aromatic carbocycles. The highest BCUT2D eigenvalue weighted by Crippen LogP contribution is 2.19. The predicted octanol–water partition coefficient (Wildman–Crippen LogP) is 3.28. The van der Waals surface area contributed by atoms with Crippen LogP contribution in [0.15, 0.2) is 30.3 Å². The summed E-state index contributed by atoms with van der Waals surface area (Å²) in [7, 11) is 2.05. The molecule has 1 amide bonds. The number of nitrogens with zero attached hydrogens (tertiary/aromatic N) is 1. The third kappa shape index (κ3) is 6.33. The third-order valence-corrected chi connectivity index (χ3v) is 4.37. The van der Waals surface area contributed by atoms with Crippen molar-refractivity contribution in [2.45, 2.75) is 57.7 Å². The highest BCUT2D eigenvalue weighted by Gasteiger charge is 2.28. The Morgan fingerprint density at radius 1 is 1.23 bits per heavy atom. The van der Waals surface area contributed by atoms with Gasteiger partial charge < -0.3 is 19.7 Å². The lowest BCUT2D eigenvalue weighted by Gasteiger charge is -2.32. The normalized spacial score (nSPS) is 19.5. The first-order valence-electron chi connectivity index (χ1n) is 9.17. The molecule has 1 aliphatic rings. The van der Waals surface area contributed by atoms with Gasteiger partial charge in [0.05, 0.1) is 0 Å². The summed E-state index contributed by atoms with van der Waals surface area (Å²) in [5.74, 6) is -0.471. The summed E-state index contributed by atoms with van der Waals surface area (Å²) >= 11 is 0. The monoisotopic (exact) mass is 362 g/mol. The van der Waals surface area contributed by atoms with Crippen molar-refractivity contribution in [3.05, 3.63) is 35.9 Å². The number of carbonyl (C=O) groups excluding carboxylic acids is 2. The van der Waals surface area contributed by atoms with E-state index in [0.29, 0.717) is 12.2 Å². The molecule has 0 aromatic heterocycles. The average molecular weight is 362 g/mol. The Morgan fingerprint density at radius 3 is 2.54 bits per heavy atom. The molecule has 26 heavy (non-hydrogen) atoms. The van der Waals surface area contributed by atoms with Gasteiger partial charge in [0, 0.05) is 6.04 Å². The molecule has 1 aliphatic heterocycles. The standard InChI is InChI=1S/C20H30N2O4/c1-20(2,3)26-19(24)21-17(15-10-6-5-7-11-15)18(23)25-14-16-12-8-9-13-22(16)4/h5-7,10-11,16-17H,8-9,12-14H2,1-4H3,(H,21,24)/t16-,17?/m1/s1. The Morgan fingerprint density at radius 2 is 1.92 bits per heavy atom. The van der Waals surface area contributed by atoms with Crippen molar-refractivity contribution >= 4 is 12.1 Å².